The van der Waals surface area contributed by atoms with Gasteiger partial charge in [-0.15, -0.1) is 0 Å². The van der Waals surface area contributed by atoms with Crippen molar-refractivity contribution in [1.82, 2.24) is 0 Å². The number of halogens is 1. The van der Waals surface area contributed by atoms with Crippen LogP contribution in [0.5, 0.6) is 5.75 Å². The lowest BCUT2D eigenvalue weighted by Gasteiger charge is -2.14. The molecule has 2 aromatic carbocycles. The van der Waals surface area contributed by atoms with Crippen LogP contribution in [-0.2, 0) is 6.61 Å². The molecule has 20 heavy (non-hydrogen) atoms. The largest absolute Gasteiger partial charge is 0.489 e. The maximum atomic E-state index is 8.76. The van der Waals surface area contributed by atoms with Gasteiger partial charge in [0.1, 0.15) is 12.4 Å². The van der Waals surface area contributed by atoms with Crippen molar-refractivity contribution in [3.63, 3.8) is 0 Å². The molecule has 102 valence electrons. The standard InChI is InChI=1S/C16H15BrN2O/c1-11(19)15-8-14(17)6-7-16(15)20-10-13-4-2-12(9-18)3-5-13/h2-8,11H,10,19H2,1H3/t11-/m1/s1. The average molecular weight is 331 g/mol. The Morgan fingerprint density at radius 1 is 1.25 bits per heavy atom. The Balaban J connectivity index is 2.12. The Morgan fingerprint density at radius 2 is 1.95 bits per heavy atom. The van der Waals surface area contributed by atoms with Crippen molar-refractivity contribution in [3.8, 4) is 11.8 Å². The molecule has 0 aromatic heterocycles. The van der Waals surface area contributed by atoms with Crippen LogP contribution in [0.2, 0.25) is 0 Å². The Kier molecular flexibility index (Phi) is 4.78. The van der Waals surface area contributed by atoms with Gasteiger partial charge in [0.05, 0.1) is 11.6 Å². The topological polar surface area (TPSA) is 59.0 Å². The summed E-state index contributed by atoms with van der Waals surface area (Å²) in [6, 6.07) is 15.2. The summed E-state index contributed by atoms with van der Waals surface area (Å²) in [5.74, 6) is 0.785. The zero-order valence-corrected chi connectivity index (χ0v) is 12.7. The first-order valence-corrected chi connectivity index (χ1v) is 7.06. The molecule has 0 radical (unpaired) electrons. The zero-order chi connectivity index (χ0) is 14.5. The van der Waals surface area contributed by atoms with Crippen molar-refractivity contribution >= 4 is 15.9 Å². The molecule has 0 saturated heterocycles. The van der Waals surface area contributed by atoms with Crippen LogP contribution < -0.4 is 10.5 Å². The Labute approximate surface area is 127 Å². The Morgan fingerprint density at radius 3 is 2.55 bits per heavy atom. The molecule has 0 spiro atoms. The highest BCUT2D eigenvalue weighted by Crippen LogP contribution is 2.28. The quantitative estimate of drug-likeness (QED) is 0.924. The second-order valence-electron chi connectivity index (χ2n) is 4.57. The summed E-state index contributed by atoms with van der Waals surface area (Å²) in [7, 11) is 0. The fourth-order valence-corrected chi connectivity index (χ4v) is 2.22. The molecule has 0 fully saturated rings. The van der Waals surface area contributed by atoms with Gasteiger partial charge in [-0.05, 0) is 42.8 Å². The van der Waals surface area contributed by atoms with Crippen molar-refractivity contribution in [2.75, 3.05) is 0 Å². The number of nitrogens with zero attached hydrogens (tertiary/aromatic N) is 1. The SMILES string of the molecule is C[C@@H](N)c1cc(Br)ccc1OCc1ccc(C#N)cc1. The van der Waals surface area contributed by atoms with E-state index >= 15 is 0 Å². The van der Waals surface area contributed by atoms with E-state index in [9.17, 15) is 0 Å². The number of hydrogen-bond acceptors (Lipinski definition) is 3. The van der Waals surface area contributed by atoms with Crippen LogP contribution in [-0.4, -0.2) is 0 Å². The third-order valence-corrected chi connectivity index (χ3v) is 3.43. The second-order valence-corrected chi connectivity index (χ2v) is 5.48. The van der Waals surface area contributed by atoms with Crippen LogP contribution in [0, 0.1) is 11.3 Å². The van der Waals surface area contributed by atoms with Gasteiger partial charge < -0.3 is 10.5 Å². The number of benzene rings is 2. The summed E-state index contributed by atoms with van der Waals surface area (Å²) < 4.78 is 6.81. The number of nitriles is 1. The molecule has 2 aromatic rings. The lowest BCUT2D eigenvalue weighted by Crippen LogP contribution is -2.08. The van der Waals surface area contributed by atoms with Crippen LogP contribution in [0.1, 0.15) is 29.7 Å². The minimum atomic E-state index is -0.0940. The molecule has 4 heteroatoms. The summed E-state index contributed by atoms with van der Waals surface area (Å²) in [4.78, 5) is 0. The molecule has 2 N–H and O–H groups in total. The maximum Gasteiger partial charge on any atom is 0.124 e. The molecule has 0 bridgehead atoms. The van der Waals surface area contributed by atoms with Crippen LogP contribution in [0.25, 0.3) is 0 Å². The normalized spacial score (nSPS) is 11.7. The van der Waals surface area contributed by atoms with Gasteiger partial charge in [-0.2, -0.15) is 5.26 Å². The van der Waals surface area contributed by atoms with E-state index in [-0.39, 0.29) is 6.04 Å². The predicted octanol–water partition coefficient (Wildman–Crippen LogP) is 3.92. The molecule has 2 rings (SSSR count). The Bertz CT molecular complexity index is 630. The van der Waals surface area contributed by atoms with Crippen LogP contribution >= 0.6 is 15.9 Å². The van der Waals surface area contributed by atoms with E-state index < -0.39 is 0 Å². The first-order valence-electron chi connectivity index (χ1n) is 6.27. The van der Waals surface area contributed by atoms with E-state index in [2.05, 4.69) is 22.0 Å². The number of rotatable bonds is 4. The van der Waals surface area contributed by atoms with Crippen molar-refractivity contribution in [2.24, 2.45) is 5.73 Å². The molecule has 0 saturated carbocycles. The molecule has 1 atom stereocenters. The van der Waals surface area contributed by atoms with Crippen molar-refractivity contribution < 1.29 is 4.74 Å². The summed E-state index contributed by atoms with van der Waals surface area (Å²) in [5, 5.41) is 8.76. The number of hydrogen-bond donors (Lipinski definition) is 1. The summed E-state index contributed by atoms with van der Waals surface area (Å²) in [6.07, 6.45) is 0. The first kappa shape index (κ1) is 14.6. The summed E-state index contributed by atoms with van der Waals surface area (Å²) in [6.45, 7) is 2.38. The van der Waals surface area contributed by atoms with Gasteiger partial charge in [0.15, 0.2) is 0 Å². The monoisotopic (exact) mass is 330 g/mol. The van der Waals surface area contributed by atoms with Gasteiger partial charge in [-0.25, -0.2) is 0 Å². The van der Waals surface area contributed by atoms with Crippen LogP contribution in [0.4, 0.5) is 0 Å². The number of ether oxygens (including phenoxy) is 1. The minimum absolute atomic E-state index is 0.0940. The third kappa shape index (κ3) is 3.60. The smallest absolute Gasteiger partial charge is 0.124 e. The zero-order valence-electron chi connectivity index (χ0n) is 11.1. The van der Waals surface area contributed by atoms with E-state index in [0.29, 0.717) is 12.2 Å². The van der Waals surface area contributed by atoms with E-state index in [4.69, 9.17) is 15.7 Å². The lowest BCUT2D eigenvalue weighted by atomic mass is 10.1. The van der Waals surface area contributed by atoms with Gasteiger partial charge in [-0.1, -0.05) is 28.1 Å². The fraction of sp³-hybridized carbons (Fsp3) is 0.188. The highest BCUT2D eigenvalue weighted by Gasteiger charge is 2.09. The molecule has 3 nitrogen and oxygen atoms in total. The second kappa shape index (κ2) is 6.56. The molecule has 0 amide bonds. The van der Waals surface area contributed by atoms with Crippen LogP contribution in [0.3, 0.4) is 0 Å². The average Bonchev–Trinajstić information content (AvgIpc) is 2.46. The molecule has 0 aliphatic heterocycles. The van der Waals surface area contributed by atoms with Crippen molar-refractivity contribution in [3.05, 3.63) is 63.6 Å². The van der Waals surface area contributed by atoms with Crippen LogP contribution in [0.15, 0.2) is 46.9 Å². The maximum absolute atomic E-state index is 8.76. The molecule has 0 unspecified atom stereocenters. The molecule has 0 aliphatic rings. The molecule has 0 aliphatic carbocycles. The molecule has 0 heterocycles. The van der Waals surface area contributed by atoms with Gasteiger partial charge in [0.2, 0.25) is 0 Å². The summed E-state index contributed by atoms with van der Waals surface area (Å²) >= 11 is 3.43. The predicted molar refractivity (Wildman–Crippen MR) is 82.2 cm³/mol. The van der Waals surface area contributed by atoms with E-state index in [1.807, 2.05) is 37.3 Å². The lowest BCUT2D eigenvalue weighted by molar-refractivity contribution is 0.301. The highest BCUT2D eigenvalue weighted by molar-refractivity contribution is 9.10. The van der Waals surface area contributed by atoms with Gasteiger partial charge in [0.25, 0.3) is 0 Å². The van der Waals surface area contributed by atoms with Crippen molar-refractivity contribution in [1.29, 1.82) is 5.26 Å². The molecular formula is C16H15BrN2O. The van der Waals surface area contributed by atoms with E-state index in [1.165, 1.54) is 0 Å². The number of nitrogens with two attached hydrogens (primary N) is 1. The highest BCUT2D eigenvalue weighted by atomic mass is 79.9. The van der Waals surface area contributed by atoms with Gasteiger partial charge >= 0.3 is 0 Å². The minimum Gasteiger partial charge on any atom is -0.489 e. The summed E-state index contributed by atoms with van der Waals surface area (Å²) in [5.41, 5.74) is 8.58. The van der Waals surface area contributed by atoms with E-state index in [0.717, 1.165) is 21.3 Å². The fourth-order valence-electron chi connectivity index (χ4n) is 1.84. The van der Waals surface area contributed by atoms with Gasteiger partial charge in [-0.3, -0.25) is 0 Å². The third-order valence-electron chi connectivity index (χ3n) is 2.94. The Hall–Kier alpha value is -1.83. The molecular weight excluding hydrogens is 316 g/mol. The van der Waals surface area contributed by atoms with E-state index in [1.54, 1.807) is 12.1 Å². The van der Waals surface area contributed by atoms with Gasteiger partial charge in [0, 0.05) is 16.1 Å². The van der Waals surface area contributed by atoms with Crippen molar-refractivity contribution in [2.45, 2.75) is 19.6 Å². The first-order chi connectivity index (χ1) is 9.60.